The summed E-state index contributed by atoms with van der Waals surface area (Å²) in [6, 6.07) is 5.30. The Morgan fingerprint density at radius 3 is 2.71 bits per heavy atom. The van der Waals surface area contributed by atoms with E-state index in [2.05, 4.69) is 9.71 Å². The van der Waals surface area contributed by atoms with Gasteiger partial charge in [-0.2, -0.15) is 0 Å². The van der Waals surface area contributed by atoms with Crippen LogP contribution in [0.2, 0.25) is 0 Å². The van der Waals surface area contributed by atoms with Crippen LogP contribution in [0.4, 0.5) is 0 Å². The van der Waals surface area contributed by atoms with Gasteiger partial charge < -0.3 is 5.11 Å². The lowest BCUT2D eigenvalue weighted by atomic mass is 10.2. The van der Waals surface area contributed by atoms with Gasteiger partial charge in [0.2, 0.25) is 0 Å². The third-order valence-electron chi connectivity index (χ3n) is 2.34. The molecule has 0 aliphatic carbocycles. The van der Waals surface area contributed by atoms with Gasteiger partial charge in [0, 0.05) is 5.56 Å². The molecule has 0 aromatic heterocycles. The van der Waals surface area contributed by atoms with E-state index in [4.69, 9.17) is 5.11 Å². The molecule has 1 aromatic rings. The second-order valence-corrected chi connectivity index (χ2v) is 5.24. The van der Waals surface area contributed by atoms with Crippen LogP contribution in [0, 0.1) is 0 Å². The number of rotatable bonds is 2. The number of fused-ring (bicyclic) bond motifs is 1. The number of hydrogen-bond acceptors (Lipinski definition) is 4. The lowest BCUT2D eigenvalue weighted by Gasteiger charge is -2.02. The third-order valence-corrected chi connectivity index (χ3v) is 3.74. The molecule has 0 unspecified atom stereocenters. The molecule has 2 rings (SSSR count). The van der Waals surface area contributed by atoms with Crippen LogP contribution in [0.1, 0.15) is 12.5 Å². The third kappa shape index (κ3) is 2.01. The molecule has 6 nitrogen and oxygen atoms in total. The highest BCUT2D eigenvalue weighted by Crippen LogP contribution is 2.22. The Kier molecular flexibility index (Phi) is 2.62. The Hall–Kier alpha value is -1.89. The Labute approximate surface area is 98.0 Å². The van der Waals surface area contributed by atoms with Gasteiger partial charge >= 0.3 is 5.97 Å². The quantitative estimate of drug-likeness (QED) is 0.787. The summed E-state index contributed by atoms with van der Waals surface area (Å²) < 4.78 is 25.6. The summed E-state index contributed by atoms with van der Waals surface area (Å²) in [5, 5.41) is 8.74. The Balaban J connectivity index is 2.53. The fourth-order valence-electron chi connectivity index (χ4n) is 1.48. The van der Waals surface area contributed by atoms with E-state index in [0.29, 0.717) is 5.56 Å². The molecule has 90 valence electrons. The minimum Gasteiger partial charge on any atom is -0.480 e. The molecule has 1 atom stereocenters. The smallest absolute Gasteiger partial charge is 0.328 e. The summed E-state index contributed by atoms with van der Waals surface area (Å²) in [6.45, 7) is 1.38. The van der Waals surface area contributed by atoms with Crippen LogP contribution in [0.5, 0.6) is 0 Å². The van der Waals surface area contributed by atoms with E-state index >= 15 is 0 Å². The van der Waals surface area contributed by atoms with E-state index in [1.165, 1.54) is 13.0 Å². The molecule has 1 aliphatic rings. The molecule has 17 heavy (non-hydrogen) atoms. The van der Waals surface area contributed by atoms with Crippen LogP contribution < -0.4 is 4.72 Å². The molecule has 0 radical (unpaired) electrons. The van der Waals surface area contributed by atoms with Crippen molar-refractivity contribution in [2.75, 3.05) is 0 Å². The highest BCUT2D eigenvalue weighted by Gasteiger charge is 2.30. The molecule has 0 spiro atoms. The van der Waals surface area contributed by atoms with Crippen molar-refractivity contribution in [3.63, 3.8) is 0 Å². The molecular formula is C10H10N2O4S. The van der Waals surface area contributed by atoms with Crippen molar-refractivity contribution < 1.29 is 18.3 Å². The van der Waals surface area contributed by atoms with Crippen molar-refractivity contribution in [3.05, 3.63) is 29.8 Å². The summed E-state index contributed by atoms with van der Waals surface area (Å²) >= 11 is 0. The molecular weight excluding hydrogens is 244 g/mol. The van der Waals surface area contributed by atoms with Crippen LogP contribution in [-0.4, -0.2) is 31.4 Å². The average Bonchev–Trinajstić information content (AvgIpc) is 2.51. The number of sulfonamides is 1. The summed E-state index contributed by atoms with van der Waals surface area (Å²) in [7, 11) is -3.60. The second kappa shape index (κ2) is 3.85. The van der Waals surface area contributed by atoms with Crippen LogP contribution in [-0.2, 0) is 14.8 Å². The number of aliphatic imine (C=N–C) groups is 1. The zero-order valence-corrected chi connectivity index (χ0v) is 9.73. The van der Waals surface area contributed by atoms with Crippen LogP contribution >= 0.6 is 0 Å². The Morgan fingerprint density at radius 2 is 2.06 bits per heavy atom. The van der Waals surface area contributed by atoms with Gasteiger partial charge in [-0.15, -0.1) is 0 Å². The lowest BCUT2D eigenvalue weighted by Crippen LogP contribution is -2.25. The van der Waals surface area contributed by atoms with Crippen molar-refractivity contribution in [2.24, 2.45) is 4.99 Å². The fraction of sp³-hybridized carbons (Fsp3) is 0.200. The first-order valence-corrected chi connectivity index (χ1v) is 6.33. The summed E-state index contributed by atoms with van der Waals surface area (Å²) in [4.78, 5) is 14.6. The van der Waals surface area contributed by atoms with Gasteiger partial charge in [-0.1, -0.05) is 12.1 Å². The minimum atomic E-state index is -3.60. The van der Waals surface area contributed by atoms with Gasteiger partial charge in [-0.3, -0.25) is 9.71 Å². The molecule has 0 fully saturated rings. The Bertz CT molecular complexity index is 606. The van der Waals surface area contributed by atoms with E-state index in [1.54, 1.807) is 18.2 Å². The number of carbonyl (C=O) groups is 1. The number of amidine groups is 1. The number of nitrogens with zero attached hydrogens (tertiary/aromatic N) is 1. The average molecular weight is 254 g/mol. The normalized spacial score (nSPS) is 20.6. The van der Waals surface area contributed by atoms with Crippen LogP contribution in [0.15, 0.2) is 34.2 Å². The molecule has 1 aromatic carbocycles. The first-order valence-electron chi connectivity index (χ1n) is 4.84. The van der Waals surface area contributed by atoms with Crippen molar-refractivity contribution in [1.82, 2.24) is 4.72 Å². The minimum absolute atomic E-state index is 0.0792. The van der Waals surface area contributed by atoms with Crippen molar-refractivity contribution in [1.29, 1.82) is 0 Å². The standard InChI is InChI=1S/C10H10N2O4S/c1-6(10(13)14)11-9-7-4-2-3-5-8(7)17(15,16)12-9/h2-6H,1H3,(H,11,12)(H,13,14)/t6-/m0/s1. The summed E-state index contributed by atoms with van der Waals surface area (Å²) in [6.07, 6.45) is 0. The highest BCUT2D eigenvalue weighted by atomic mass is 32.2. The van der Waals surface area contributed by atoms with E-state index in [1.807, 2.05) is 0 Å². The van der Waals surface area contributed by atoms with E-state index in [-0.39, 0.29) is 10.7 Å². The zero-order chi connectivity index (χ0) is 12.6. The monoisotopic (exact) mass is 254 g/mol. The molecule has 0 saturated heterocycles. The fourth-order valence-corrected chi connectivity index (χ4v) is 2.72. The van der Waals surface area contributed by atoms with Crippen molar-refractivity contribution in [3.8, 4) is 0 Å². The molecule has 0 bridgehead atoms. The van der Waals surface area contributed by atoms with E-state index < -0.39 is 22.0 Å². The largest absolute Gasteiger partial charge is 0.480 e. The second-order valence-electron chi connectivity index (χ2n) is 3.59. The maximum Gasteiger partial charge on any atom is 0.328 e. The first kappa shape index (κ1) is 11.6. The van der Waals surface area contributed by atoms with Crippen molar-refractivity contribution >= 4 is 21.8 Å². The van der Waals surface area contributed by atoms with Crippen LogP contribution in [0.25, 0.3) is 0 Å². The lowest BCUT2D eigenvalue weighted by molar-refractivity contribution is -0.137. The predicted octanol–water partition coefficient (Wildman–Crippen LogP) is 0.198. The Morgan fingerprint density at radius 1 is 1.41 bits per heavy atom. The molecule has 1 heterocycles. The maximum atomic E-state index is 11.7. The van der Waals surface area contributed by atoms with E-state index in [9.17, 15) is 13.2 Å². The molecule has 1 aliphatic heterocycles. The summed E-state index contributed by atoms with van der Waals surface area (Å²) in [5.74, 6) is -1.03. The maximum absolute atomic E-state index is 11.7. The number of nitrogens with one attached hydrogen (secondary N) is 1. The number of hydrogen-bond donors (Lipinski definition) is 2. The summed E-state index contributed by atoms with van der Waals surface area (Å²) in [5.41, 5.74) is 0.403. The van der Waals surface area contributed by atoms with Crippen molar-refractivity contribution in [2.45, 2.75) is 17.9 Å². The van der Waals surface area contributed by atoms with Gasteiger partial charge in [0.25, 0.3) is 10.0 Å². The predicted molar refractivity (Wildman–Crippen MR) is 60.4 cm³/mol. The first-order chi connectivity index (χ1) is 7.92. The van der Waals surface area contributed by atoms with Crippen LogP contribution in [0.3, 0.4) is 0 Å². The SMILES string of the molecule is C[C@H](N=C1NS(=O)(=O)c2ccccc21)C(=O)O. The number of carboxylic acid groups (broad SMARTS) is 1. The molecule has 0 saturated carbocycles. The van der Waals surface area contributed by atoms with Gasteiger partial charge in [-0.05, 0) is 19.1 Å². The van der Waals surface area contributed by atoms with Gasteiger partial charge in [0.05, 0.1) is 4.90 Å². The highest BCUT2D eigenvalue weighted by molar-refractivity contribution is 7.90. The molecule has 7 heteroatoms. The van der Waals surface area contributed by atoms with Gasteiger partial charge in [-0.25, -0.2) is 13.2 Å². The van der Waals surface area contributed by atoms with Gasteiger partial charge in [0.15, 0.2) is 0 Å². The van der Waals surface area contributed by atoms with Gasteiger partial charge in [0.1, 0.15) is 11.9 Å². The molecule has 2 N–H and O–H groups in total. The van der Waals surface area contributed by atoms with E-state index in [0.717, 1.165) is 0 Å². The zero-order valence-electron chi connectivity index (χ0n) is 8.91. The number of carboxylic acids is 1. The molecule has 0 amide bonds. The topological polar surface area (TPSA) is 95.8 Å². The number of aliphatic carboxylic acids is 1. The number of benzene rings is 1.